The fourth-order valence-corrected chi connectivity index (χ4v) is 2.82. The van der Waals surface area contributed by atoms with E-state index >= 15 is 0 Å². The molecule has 2 rings (SSSR count). The third-order valence-electron chi connectivity index (χ3n) is 3.52. The Kier molecular flexibility index (Phi) is 2.42. The fraction of sp³-hybridized carbons (Fsp3) is 1.00. The van der Waals surface area contributed by atoms with Crippen molar-refractivity contribution in [1.82, 2.24) is 10.1 Å². The maximum absolute atomic E-state index is 3.45. The molecule has 2 saturated heterocycles. The second kappa shape index (κ2) is 3.39. The molecule has 0 atom stereocenters. The first-order valence-electron chi connectivity index (χ1n) is 5.20. The predicted molar refractivity (Wildman–Crippen MR) is 53.9 cm³/mol. The lowest BCUT2D eigenvalue weighted by molar-refractivity contribution is 0.106. The van der Waals surface area contributed by atoms with Gasteiger partial charge in [-0.2, -0.15) is 0 Å². The lowest BCUT2D eigenvalue weighted by Crippen LogP contribution is -2.47. The van der Waals surface area contributed by atoms with Crippen LogP contribution in [0.1, 0.15) is 25.7 Å². The molecule has 0 saturated carbocycles. The Hall–Kier alpha value is -0.0151. The fourth-order valence-electron chi connectivity index (χ4n) is 2.82. The van der Waals surface area contributed by atoms with Crippen LogP contribution in [0.25, 0.3) is 0 Å². The maximum Gasteiger partial charge on any atom is 0.185 e. The Balaban J connectivity index is 1.97. The van der Waals surface area contributed by atoms with Crippen molar-refractivity contribution in [3.05, 3.63) is 0 Å². The summed E-state index contributed by atoms with van der Waals surface area (Å²) in [4.78, 5) is 2.51. The van der Waals surface area contributed by atoms with Crippen molar-refractivity contribution in [3.63, 3.8) is 0 Å². The second-order valence-corrected chi connectivity index (χ2v) is 4.59. The van der Waals surface area contributed by atoms with Crippen LogP contribution in [-0.4, -0.2) is 39.0 Å². The third-order valence-corrected chi connectivity index (χ3v) is 3.52. The van der Waals surface area contributed by atoms with E-state index in [1.165, 1.54) is 51.9 Å². The van der Waals surface area contributed by atoms with Gasteiger partial charge in [0.1, 0.15) is 0 Å². The van der Waals surface area contributed by atoms with E-state index in [1.54, 1.807) is 0 Å². The van der Waals surface area contributed by atoms with Crippen molar-refractivity contribution in [3.8, 4) is 0 Å². The van der Waals surface area contributed by atoms with Gasteiger partial charge in [0.05, 0.1) is 0 Å². The van der Waals surface area contributed by atoms with E-state index in [4.69, 9.17) is 0 Å². The number of hydrogen-bond donors (Lipinski definition) is 1. The highest BCUT2D eigenvalue weighted by Crippen LogP contribution is 2.37. The first-order valence-corrected chi connectivity index (χ1v) is 5.20. The van der Waals surface area contributed by atoms with Crippen LogP contribution in [0, 0.1) is 5.41 Å². The van der Waals surface area contributed by atoms with Gasteiger partial charge in [-0.15, -0.1) is 0 Å². The zero-order valence-corrected chi connectivity index (χ0v) is 8.10. The van der Waals surface area contributed by atoms with E-state index in [0.29, 0.717) is 5.41 Å². The summed E-state index contributed by atoms with van der Waals surface area (Å²) < 4.78 is 0. The molecule has 1 spiro atoms. The maximum atomic E-state index is 3.45. The number of rotatable bonds is 0. The molecule has 1 N–H and O–H groups in total. The zero-order chi connectivity index (χ0) is 8.44. The number of hydrogen-bond acceptors (Lipinski definition) is 2. The van der Waals surface area contributed by atoms with Gasteiger partial charge in [0.15, 0.2) is 7.98 Å². The van der Waals surface area contributed by atoms with Crippen LogP contribution in [-0.2, 0) is 0 Å². The van der Waals surface area contributed by atoms with E-state index in [9.17, 15) is 0 Å². The van der Waals surface area contributed by atoms with Gasteiger partial charge in [-0.05, 0) is 57.3 Å². The molecule has 3 heteroatoms. The molecule has 0 unspecified atom stereocenters. The molecular weight excluding hydrogens is 147 g/mol. The zero-order valence-electron chi connectivity index (χ0n) is 8.10. The third kappa shape index (κ3) is 1.67. The summed E-state index contributed by atoms with van der Waals surface area (Å²) in [6.45, 7) is 5.14. The SMILES string of the molecule is BN1CCCC2(CCNCC2)C1. The van der Waals surface area contributed by atoms with Crippen molar-refractivity contribution in [2.45, 2.75) is 25.7 Å². The molecule has 2 aliphatic rings. The molecule has 0 bridgehead atoms. The van der Waals surface area contributed by atoms with Crippen molar-refractivity contribution >= 4 is 7.98 Å². The molecule has 0 aromatic rings. The molecule has 0 aliphatic carbocycles. The van der Waals surface area contributed by atoms with Crippen LogP contribution in [0.3, 0.4) is 0 Å². The minimum absolute atomic E-state index is 0.693. The number of nitrogens with zero attached hydrogens (tertiary/aromatic N) is 1. The van der Waals surface area contributed by atoms with Gasteiger partial charge in [0.25, 0.3) is 0 Å². The lowest BCUT2D eigenvalue weighted by atomic mass is 9.72. The molecule has 0 amide bonds. The minimum Gasteiger partial charge on any atom is -0.348 e. The standard InChI is InChI=1S/C9H19BN2/c10-12-7-1-2-9(8-12)3-5-11-6-4-9/h11H,1-8,10H2. The van der Waals surface area contributed by atoms with E-state index in [2.05, 4.69) is 18.1 Å². The summed E-state index contributed by atoms with van der Waals surface area (Å²) in [5.41, 5.74) is 0.693. The molecular formula is C9H19BN2. The average molecular weight is 166 g/mol. The number of piperidine rings is 2. The first-order chi connectivity index (χ1) is 5.81. The Bertz CT molecular complexity index is 149. The van der Waals surface area contributed by atoms with Gasteiger partial charge in [-0.1, -0.05) is 0 Å². The van der Waals surface area contributed by atoms with Crippen molar-refractivity contribution in [2.24, 2.45) is 5.41 Å². The summed E-state index contributed by atoms with van der Waals surface area (Å²) in [5.74, 6) is 0. The Morgan fingerprint density at radius 2 is 1.92 bits per heavy atom. The van der Waals surface area contributed by atoms with Crippen molar-refractivity contribution in [2.75, 3.05) is 26.2 Å². The Labute approximate surface area is 76.1 Å². The van der Waals surface area contributed by atoms with Crippen molar-refractivity contribution in [1.29, 1.82) is 0 Å². The highest BCUT2D eigenvalue weighted by atomic mass is 15.1. The summed E-state index contributed by atoms with van der Waals surface area (Å²) >= 11 is 0. The summed E-state index contributed by atoms with van der Waals surface area (Å²) in [6.07, 6.45) is 5.68. The van der Waals surface area contributed by atoms with Crippen molar-refractivity contribution < 1.29 is 0 Å². The summed E-state index contributed by atoms with van der Waals surface area (Å²) in [7, 11) is 2.27. The highest BCUT2D eigenvalue weighted by molar-refractivity contribution is 6.04. The number of nitrogens with one attached hydrogen (secondary N) is 1. The van der Waals surface area contributed by atoms with Gasteiger partial charge < -0.3 is 10.1 Å². The normalized spacial score (nSPS) is 30.7. The molecule has 0 radical (unpaired) electrons. The largest absolute Gasteiger partial charge is 0.348 e. The first kappa shape index (κ1) is 8.58. The molecule has 2 nitrogen and oxygen atoms in total. The Morgan fingerprint density at radius 3 is 2.58 bits per heavy atom. The van der Waals surface area contributed by atoms with Gasteiger partial charge >= 0.3 is 0 Å². The Morgan fingerprint density at radius 1 is 1.17 bits per heavy atom. The van der Waals surface area contributed by atoms with Gasteiger partial charge in [0, 0.05) is 0 Å². The monoisotopic (exact) mass is 166 g/mol. The highest BCUT2D eigenvalue weighted by Gasteiger charge is 2.34. The van der Waals surface area contributed by atoms with E-state index in [0.717, 1.165) is 0 Å². The van der Waals surface area contributed by atoms with Gasteiger partial charge in [-0.3, -0.25) is 0 Å². The van der Waals surface area contributed by atoms with E-state index < -0.39 is 0 Å². The van der Waals surface area contributed by atoms with Gasteiger partial charge in [0.2, 0.25) is 0 Å². The smallest absolute Gasteiger partial charge is 0.185 e. The topological polar surface area (TPSA) is 15.3 Å². The molecule has 2 heterocycles. The quantitative estimate of drug-likeness (QED) is 0.509. The summed E-state index contributed by atoms with van der Waals surface area (Å²) in [5, 5.41) is 3.45. The lowest BCUT2D eigenvalue weighted by Gasteiger charge is -2.44. The van der Waals surface area contributed by atoms with Crippen LogP contribution < -0.4 is 5.32 Å². The molecule has 2 aliphatic heterocycles. The van der Waals surface area contributed by atoms with Crippen LogP contribution in [0.15, 0.2) is 0 Å². The molecule has 12 heavy (non-hydrogen) atoms. The van der Waals surface area contributed by atoms with Crippen LogP contribution in [0.5, 0.6) is 0 Å². The summed E-state index contributed by atoms with van der Waals surface area (Å²) in [6, 6.07) is 0. The average Bonchev–Trinajstić information content (AvgIpc) is 2.05. The minimum atomic E-state index is 0.693. The van der Waals surface area contributed by atoms with Crippen LogP contribution in [0.2, 0.25) is 0 Å². The molecule has 68 valence electrons. The second-order valence-electron chi connectivity index (χ2n) is 4.59. The molecule has 0 aromatic carbocycles. The van der Waals surface area contributed by atoms with Crippen LogP contribution >= 0.6 is 0 Å². The van der Waals surface area contributed by atoms with E-state index in [1.807, 2.05) is 0 Å². The van der Waals surface area contributed by atoms with E-state index in [-0.39, 0.29) is 0 Å². The molecule has 0 aromatic heterocycles. The van der Waals surface area contributed by atoms with Gasteiger partial charge in [-0.25, -0.2) is 0 Å². The molecule has 2 fully saturated rings. The predicted octanol–water partition coefficient (Wildman–Crippen LogP) is 0.0001000. The van der Waals surface area contributed by atoms with Crippen LogP contribution in [0.4, 0.5) is 0 Å².